The van der Waals surface area contributed by atoms with Crippen molar-refractivity contribution in [3.63, 3.8) is 0 Å². The van der Waals surface area contributed by atoms with Crippen LogP contribution in [0.4, 0.5) is 0 Å². The molecule has 1 aromatic rings. The highest BCUT2D eigenvalue weighted by Gasteiger charge is 2.08. The number of pyridine rings is 1. The van der Waals surface area contributed by atoms with Crippen molar-refractivity contribution >= 4 is 11.9 Å². The zero-order valence-corrected chi connectivity index (χ0v) is 10.5. The highest BCUT2D eigenvalue weighted by molar-refractivity contribution is 5.95. The lowest BCUT2D eigenvalue weighted by atomic mass is 10.2. The normalized spacial score (nSPS) is 9.16. The first-order valence-electron chi connectivity index (χ1n) is 5.57. The SMILES string of the molecule is COC(=O)CNC(=O)c1cncc(C#CCCO)c1. The third kappa shape index (κ3) is 5.19. The maximum Gasteiger partial charge on any atom is 0.325 e. The van der Waals surface area contributed by atoms with Gasteiger partial charge in [0.2, 0.25) is 0 Å². The van der Waals surface area contributed by atoms with Crippen LogP contribution in [-0.4, -0.2) is 42.2 Å². The fourth-order valence-corrected chi connectivity index (χ4v) is 1.18. The highest BCUT2D eigenvalue weighted by Crippen LogP contribution is 2.01. The molecule has 0 saturated carbocycles. The van der Waals surface area contributed by atoms with Crippen LogP contribution in [0.5, 0.6) is 0 Å². The molecule has 0 spiro atoms. The van der Waals surface area contributed by atoms with Gasteiger partial charge in [0.1, 0.15) is 6.54 Å². The Labute approximate surface area is 110 Å². The second kappa shape index (κ2) is 7.84. The Kier molecular flexibility index (Phi) is 6.06. The molecule has 1 aromatic heterocycles. The summed E-state index contributed by atoms with van der Waals surface area (Å²) in [6.07, 6.45) is 3.25. The first kappa shape index (κ1) is 14.7. The van der Waals surface area contributed by atoms with Crippen molar-refractivity contribution in [1.82, 2.24) is 10.3 Å². The number of hydrogen-bond acceptors (Lipinski definition) is 5. The lowest BCUT2D eigenvalue weighted by molar-refractivity contribution is -0.139. The largest absolute Gasteiger partial charge is 0.468 e. The van der Waals surface area contributed by atoms with E-state index in [0.29, 0.717) is 17.5 Å². The number of hydrogen-bond donors (Lipinski definition) is 2. The van der Waals surface area contributed by atoms with E-state index in [0.717, 1.165) is 0 Å². The number of rotatable bonds is 4. The molecule has 0 aliphatic heterocycles. The Balaban J connectivity index is 2.68. The van der Waals surface area contributed by atoms with Crippen LogP contribution < -0.4 is 5.32 Å². The van der Waals surface area contributed by atoms with Gasteiger partial charge >= 0.3 is 5.97 Å². The molecule has 0 unspecified atom stereocenters. The molecule has 0 fully saturated rings. The van der Waals surface area contributed by atoms with Gasteiger partial charge in [0.25, 0.3) is 5.91 Å². The van der Waals surface area contributed by atoms with E-state index in [2.05, 4.69) is 26.9 Å². The quantitative estimate of drug-likeness (QED) is 0.575. The minimum atomic E-state index is -0.528. The Morgan fingerprint density at radius 2 is 2.26 bits per heavy atom. The number of nitrogens with zero attached hydrogens (tertiary/aromatic N) is 1. The van der Waals surface area contributed by atoms with Crippen LogP contribution in [0.25, 0.3) is 0 Å². The van der Waals surface area contributed by atoms with Crippen molar-refractivity contribution in [3.8, 4) is 11.8 Å². The number of amides is 1. The molecule has 100 valence electrons. The van der Waals surface area contributed by atoms with E-state index in [9.17, 15) is 9.59 Å². The number of esters is 1. The van der Waals surface area contributed by atoms with Crippen molar-refractivity contribution in [1.29, 1.82) is 0 Å². The average molecular weight is 262 g/mol. The van der Waals surface area contributed by atoms with Crippen LogP contribution in [0.2, 0.25) is 0 Å². The van der Waals surface area contributed by atoms with Gasteiger partial charge in [0.05, 0.1) is 19.3 Å². The average Bonchev–Trinajstić information content (AvgIpc) is 2.45. The lowest BCUT2D eigenvalue weighted by Crippen LogP contribution is -2.30. The number of aliphatic hydroxyl groups excluding tert-OH is 1. The fraction of sp³-hybridized carbons (Fsp3) is 0.308. The molecule has 0 aliphatic rings. The molecule has 0 aromatic carbocycles. The number of ether oxygens (including phenoxy) is 1. The molecule has 0 bridgehead atoms. The summed E-state index contributed by atoms with van der Waals surface area (Å²) in [5, 5.41) is 11.0. The Hall–Kier alpha value is -2.39. The first-order valence-corrected chi connectivity index (χ1v) is 5.57. The zero-order chi connectivity index (χ0) is 14.1. The second-order valence-electron chi connectivity index (χ2n) is 3.50. The Bertz CT molecular complexity index is 517. The van der Waals surface area contributed by atoms with Crippen LogP contribution in [0.1, 0.15) is 22.3 Å². The van der Waals surface area contributed by atoms with Gasteiger partial charge in [-0.05, 0) is 6.07 Å². The van der Waals surface area contributed by atoms with Crippen LogP contribution >= 0.6 is 0 Å². The van der Waals surface area contributed by atoms with Gasteiger partial charge in [0.15, 0.2) is 0 Å². The van der Waals surface area contributed by atoms with E-state index in [1.54, 1.807) is 6.07 Å². The van der Waals surface area contributed by atoms with Gasteiger partial charge in [-0.15, -0.1) is 0 Å². The molecule has 19 heavy (non-hydrogen) atoms. The molecule has 2 N–H and O–H groups in total. The fourth-order valence-electron chi connectivity index (χ4n) is 1.18. The van der Waals surface area contributed by atoms with Gasteiger partial charge in [-0.2, -0.15) is 0 Å². The number of aliphatic hydroxyl groups is 1. The molecule has 1 amide bonds. The molecule has 1 rings (SSSR count). The molecular formula is C13H14N2O4. The lowest BCUT2D eigenvalue weighted by Gasteiger charge is -2.03. The summed E-state index contributed by atoms with van der Waals surface area (Å²) in [5.41, 5.74) is 0.874. The summed E-state index contributed by atoms with van der Waals surface area (Å²) in [6.45, 7) is -0.213. The first-order chi connectivity index (χ1) is 9.17. The third-order valence-corrected chi connectivity index (χ3v) is 2.09. The number of nitrogens with one attached hydrogen (secondary N) is 1. The van der Waals surface area contributed by atoms with Crippen molar-refractivity contribution < 1.29 is 19.4 Å². The van der Waals surface area contributed by atoms with Crippen molar-refractivity contribution in [2.75, 3.05) is 20.3 Å². The van der Waals surface area contributed by atoms with Crippen LogP contribution in [0.15, 0.2) is 18.5 Å². The van der Waals surface area contributed by atoms with Crippen molar-refractivity contribution in [2.45, 2.75) is 6.42 Å². The van der Waals surface area contributed by atoms with Crippen molar-refractivity contribution in [3.05, 3.63) is 29.6 Å². The van der Waals surface area contributed by atoms with Gasteiger partial charge in [-0.3, -0.25) is 14.6 Å². The predicted octanol–water partition coefficient (Wildman–Crippen LogP) is -0.282. The topological polar surface area (TPSA) is 88.5 Å². The highest BCUT2D eigenvalue weighted by atomic mass is 16.5. The van der Waals surface area contributed by atoms with E-state index in [1.165, 1.54) is 19.5 Å². The van der Waals surface area contributed by atoms with E-state index in [4.69, 9.17) is 5.11 Å². The molecule has 0 saturated heterocycles. The second-order valence-corrected chi connectivity index (χ2v) is 3.50. The molecule has 0 atom stereocenters. The standard InChI is InChI=1S/C13H14N2O4/c1-19-12(17)9-15-13(18)11-6-10(7-14-8-11)4-2-3-5-16/h6-8,16H,3,5,9H2,1H3,(H,15,18). The molecular weight excluding hydrogens is 248 g/mol. The van der Waals surface area contributed by atoms with E-state index in [-0.39, 0.29) is 13.2 Å². The minimum absolute atomic E-state index is 0.0142. The number of aromatic nitrogens is 1. The maximum absolute atomic E-state index is 11.7. The van der Waals surface area contributed by atoms with Gasteiger partial charge in [0, 0.05) is 24.4 Å². The maximum atomic E-state index is 11.7. The Morgan fingerprint density at radius 3 is 2.95 bits per heavy atom. The molecule has 6 heteroatoms. The Morgan fingerprint density at radius 1 is 1.47 bits per heavy atom. The van der Waals surface area contributed by atoms with Gasteiger partial charge in [-0.1, -0.05) is 11.8 Å². The number of carbonyl (C=O) groups excluding carboxylic acids is 2. The van der Waals surface area contributed by atoms with Crippen LogP contribution in [0.3, 0.4) is 0 Å². The molecule has 1 heterocycles. The molecule has 6 nitrogen and oxygen atoms in total. The third-order valence-electron chi connectivity index (χ3n) is 2.09. The zero-order valence-electron chi connectivity index (χ0n) is 10.5. The van der Waals surface area contributed by atoms with Gasteiger partial charge in [-0.25, -0.2) is 0 Å². The van der Waals surface area contributed by atoms with Gasteiger partial charge < -0.3 is 15.2 Å². The van der Waals surface area contributed by atoms with E-state index >= 15 is 0 Å². The summed E-state index contributed by atoms with van der Waals surface area (Å²) in [4.78, 5) is 26.5. The van der Waals surface area contributed by atoms with Crippen LogP contribution in [-0.2, 0) is 9.53 Å². The molecule has 0 radical (unpaired) electrons. The predicted molar refractivity (Wildman–Crippen MR) is 67.2 cm³/mol. The summed E-state index contributed by atoms with van der Waals surface area (Å²) >= 11 is 0. The minimum Gasteiger partial charge on any atom is -0.468 e. The smallest absolute Gasteiger partial charge is 0.325 e. The summed E-state index contributed by atoms with van der Waals surface area (Å²) in [7, 11) is 1.24. The summed E-state index contributed by atoms with van der Waals surface area (Å²) in [6, 6.07) is 1.56. The number of methoxy groups -OCH3 is 1. The van der Waals surface area contributed by atoms with E-state index in [1.807, 2.05) is 0 Å². The summed E-state index contributed by atoms with van der Waals surface area (Å²) in [5.74, 6) is 4.55. The van der Waals surface area contributed by atoms with Crippen LogP contribution in [0, 0.1) is 11.8 Å². The summed E-state index contributed by atoms with van der Waals surface area (Å²) < 4.78 is 4.41. The monoisotopic (exact) mass is 262 g/mol. The van der Waals surface area contributed by atoms with E-state index < -0.39 is 11.9 Å². The molecule has 0 aliphatic carbocycles. The van der Waals surface area contributed by atoms with Crippen molar-refractivity contribution in [2.24, 2.45) is 0 Å². The number of carbonyl (C=O) groups is 2.